The average Bonchev–Trinajstić information content (AvgIpc) is 2.45. The van der Waals surface area contributed by atoms with E-state index < -0.39 is 0 Å². The Kier molecular flexibility index (Phi) is 9.33. The Morgan fingerprint density at radius 2 is 0.950 bits per heavy atom. The molecular weight excluding hydrogens is 260 g/mol. The van der Waals surface area contributed by atoms with Crippen LogP contribution in [-0.2, 0) is 9.78 Å². The highest BCUT2D eigenvalue weighted by Crippen LogP contribution is 2.23. The number of nitrogens with two attached hydrogens (primary N) is 2. The van der Waals surface area contributed by atoms with E-state index in [9.17, 15) is 0 Å². The summed E-state index contributed by atoms with van der Waals surface area (Å²) in [4.78, 5) is 8.15. The minimum Gasteiger partial charge on any atom is -0.328 e. The van der Waals surface area contributed by atoms with Crippen molar-refractivity contribution in [3.05, 3.63) is 0 Å². The minimum atomic E-state index is 0.384. The molecule has 2 rings (SSSR count). The third-order valence-corrected chi connectivity index (χ3v) is 4.40. The molecule has 120 valence electrons. The second-order valence-electron chi connectivity index (χ2n) is 6.15. The topological polar surface area (TPSA) is 111 Å². The van der Waals surface area contributed by atoms with Crippen LogP contribution in [0.1, 0.15) is 51.4 Å². The van der Waals surface area contributed by atoms with Crippen LogP contribution in [0, 0.1) is 11.8 Å². The summed E-state index contributed by atoms with van der Waals surface area (Å²) >= 11 is 0. The molecular formula is C14H30N2O4. The summed E-state index contributed by atoms with van der Waals surface area (Å²) in [5.41, 5.74) is 11.4. The quantitative estimate of drug-likeness (QED) is 0.465. The van der Waals surface area contributed by atoms with E-state index >= 15 is 0 Å². The van der Waals surface area contributed by atoms with Gasteiger partial charge in [0, 0.05) is 12.1 Å². The van der Waals surface area contributed by atoms with Gasteiger partial charge in [-0.05, 0) is 63.2 Å². The van der Waals surface area contributed by atoms with E-state index in [2.05, 4.69) is 9.78 Å². The van der Waals surface area contributed by atoms with Crippen molar-refractivity contribution in [1.82, 2.24) is 0 Å². The second kappa shape index (κ2) is 10.5. The molecule has 0 unspecified atom stereocenters. The van der Waals surface area contributed by atoms with Crippen LogP contribution in [0.25, 0.3) is 0 Å². The predicted octanol–water partition coefficient (Wildman–Crippen LogP) is 1.99. The van der Waals surface area contributed by atoms with Crippen LogP contribution in [0.5, 0.6) is 0 Å². The zero-order valence-electron chi connectivity index (χ0n) is 12.2. The Morgan fingerprint density at radius 1 is 0.650 bits per heavy atom. The fraction of sp³-hybridized carbons (Fsp3) is 1.00. The van der Waals surface area contributed by atoms with E-state index in [4.69, 9.17) is 22.0 Å². The Hall–Kier alpha value is -0.240. The molecule has 0 aromatic heterocycles. The number of hydrogen-bond donors (Lipinski definition) is 4. The summed E-state index contributed by atoms with van der Waals surface area (Å²) in [6.07, 6.45) is 8.71. The first-order valence-corrected chi connectivity index (χ1v) is 7.69. The first-order valence-electron chi connectivity index (χ1n) is 7.69. The van der Waals surface area contributed by atoms with Gasteiger partial charge in [-0.25, -0.2) is 9.78 Å². The van der Waals surface area contributed by atoms with E-state index in [0.717, 1.165) is 51.4 Å². The summed E-state index contributed by atoms with van der Waals surface area (Å²) in [5.74, 6) is 1.06. The van der Waals surface area contributed by atoms with Crippen molar-refractivity contribution in [3.63, 3.8) is 0 Å². The summed E-state index contributed by atoms with van der Waals surface area (Å²) in [5, 5.41) is 16.3. The lowest BCUT2D eigenvalue weighted by molar-refractivity contribution is -0.252. The van der Waals surface area contributed by atoms with Gasteiger partial charge in [0.1, 0.15) is 0 Å². The van der Waals surface area contributed by atoms with Crippen molar-refractivity contribution in [2.24, 2.45) is 23.3 Å². The van der Waals surface area contributed by atoms with Crippen molar-refractivity contribution >= 4 is 0 Å². The van der Waals surface area contributed by atoms with Gasteiger partial charge in [-0.15, -0.1) is 0 Å². The van der Waals surface area contributed by atoms with Gasteiger partial charge in [-0.1, -0.05) is 0 Å². The summed E-state index contributed by atoms with van der Waals surface area (Å²) in [7, 11) is 0. The van der Waals surface area contributed by atoms with Crippen molar-refractivity contribution in [2.75, 3.05) is 13.2 Å². The largest absolute Gasteiger partial charge is 0.328 e. The fourth-order valence-corrected chi connectivity index (χ4v) is 2.92. The molecule has 2 saturated carbocycles. The molecule has 0 aromatic rings. The molecule has 0 spiro atoms. The lowest BCUT2D eigenvalue weighted by Crippen LogP contribution is -2.28. The third-order valence-electron chi connectivity index (χ3n) is 4.40. The molecule has 0 bridgehead atoms. The van der Waals surface area contributed by atoms with E-state index in [0.29, 0.717) is 37.1 Å². The van der Waals surface area contributed by atoms with E-state index in [1.165, 1.54) is 0 Å². The van der Waals surface area contributed by atoms with Crippen molar-refractivity contribution < 1.29 is 20.3 Å². The minimum absolute atomic E-state index is 0.384. The van der Waals surface area contributed by atoms with Crippen LogP contribution in [-0.4, -0.2) is 35.8 Å². The Bertz CT molecular complexity index is 203. The van der Waals surface area contributed by atoms with Crippen LogP contribution >= 0.6 is 0 Å². The molecule has 2 aliphatic rings. The molecule has 0 amide bonds. The summed E-state index contributed by atoms with van der Waals surface area (Å²) < 4.78 is 0. The molecule has 0 aliphatic heterocycles. The standard InChI is InChI=1S/2C7H15NO2/c2*8-7-3-1-6(2-4-7)5-10-9/h2*6-7,9H,1-5,8H2. The summed E-state index contributed by atoms with van der Waals surface area (Å²) in [6, 6.07) is 0.768. The Morgan fingerprint density at radius 3 is 1.20 bits per heavy atom. The van der Waals surface area contributed by atoms with Gasteiger partial charge in [0.25, 0.3) is 0 Å². The maximum atomic E-state index is 8.15. The third kappa shape index (κ3) is 7.52. The molecule has 2 fully saturated rings. The normalized spacial score (nSPS) is 34.2. The lowest BCUT2D eigenvalue weighted by Gasteiger charge is -2.24. The molecule has 0 aromatic carbocycles. The molecule has 2 aliphatic carbocycles. The van der Waals surface area contributed by atoms with Crippen LogP contribution < -0.4 is 11.5 Å². The zero-order valence-corrected chi connectivity index (χ0v) is 12.2. The van der Waals surface area contributed by atoms with Gasteiger partial charge in [-0.3, -0.25) is 10.5 Å². The number of hydrogen-bond acceptors (Lipinski definition) is 6. The van der Waals surface area contributed by atoms with Crippen molar-refractivity contribution in [3.8, 4) is 0 Å². The smallest absolute Gasteiger partial charge is 0.0847 e. The highest BCUT2D eigenvalue weighted by atomic mass is 17.1. The van der Waals surface area contributed by atoms with Gasteiger partial charge >= 0.3 is 0 Å². The van der Waals surface area contributed by atoms with Crippen LogP contribution in [0.2, 0.25) is 0 Å². The Labute approximate surface area is 121 Å². The van der Waals surface area contributed by atoms with Gasteiger partial charge in [0.15, 0.2) is 0 Å². The lowest BCUT2D eigenvalue weighted by atomic mass is 9.87. The van der Waals surface area contributed by atoms with Crippen molar-refractivity contribution in [1.29, 1.82) is 0 Å². The zero-order chi connectivity index (χ0) is 14.8. The van der Waals surface area contributed by atoms with Gasteiger partial charge in [0.05, 0.1) is 13.2 Å². The van der Waals surface area contributed by atoms with E-state index in [1.54, 1.807) is 0 Å². The van der Waals surface area contributed by atoms with E-state index in [1.807, 2.05) is 0 Å². The molecule has 6 heteroatoms. The van der Waals surface area contributed by atoms with Crippen LogP contribution in [0.15, 0.2) is 0 Å². The molecule has 0 atom stereocenters. The monoisotopic (exact) mass is 290 g/mol. The molecule has 0 heterocycles. The van der Waals surface area contributed by atoms with Gasteiger partial charge < -0.3 is 11.5 Å². The number of rotatable bonds is 4. The maximum absolute atomic E-state index is 8.15. The fourth-order valence-electron chi connectivity index (χ4n) is 2.92. The highest BCUT2D eigenvalue weighted by molar-refractivity contribution is 4.74. The molecule has 6 N–H and O–H groups in total. The van der Waals surface area contributed by atoms with Crippen LogP contribution in [0.4, 0.5) is 0 Å². The Balaban J connectivity index is 0.000000200. The predicted molar refractivity (Wildman–Crippen MR) is 77.0 cm³/mol. The first-order chi connectivity index (χ1) is 9.65. The summed E-state index contributed by atoms with van der Waals surface area (Å²) in [6.45, 7) is 0.958. The average molecular weight is 290 g/mol. The molecule has 6 nitrogen and oxygen atoms in total. The molecule has 20 heavy (non-hydrogen) atoms. The molecule has 0 saturated heterocycles. The van der Waals surface area contributed by atoms with E-state index in [-0.39, 0.29) is 0 Å². The SMILES string of the molecule is NC1CCC(COO)CC1.NC1CCC(COO)CC1. The van der Waals surface area contributed by atoms with Gasteiger partial charge in [-0.2, -0.15) is 0 Å². The van der Waals surface area contributed by atoms with Crippen molar-refractivity contribution in [2.45, 2.75) is 63.5 Å². The maximum Gasteiger partial charge on any atom is 0.0847 e. The van der Waals surface area contributed by atoms with Crippen LogP contribution in [0.3, 0.4) is 0 Å². The first kappa shape index (κ1) is 17.8. The molecule has 0 radical (unpaired) electrons. The highest BCUT2D eigenvalue weighted by Gasteiger charge is 2.18. The second-order valence-corrected chi connectivity index (χ2v) is 6.15. The van der Waals surface area contributed by atoms with Gasteiger partial charge in [0.2, 0.25) is 0 Å².